The van der Waals surface area contributed by atoms with Gasteiger partial charge >= 0.3 is 0 Å². The van der Waals surface area contributed by atoms with E-state index in [9.17, 15) is 14.0 Å². The lowest BCUT2D eigenvalue weighted by atomic mass is 10.1. The average molecular weight is 435 g/mol. The zero-order valence-electron chi connectivity index (χ0n) is 16.1. The number of carbonyl (C=O) groups is 2. The maximum Gasteiger partial charge on any atom is 0.255 e. The lowest BCUT2D eigenvalue weighted by Crippen LogP contribution is -2.32. The largest absolute Gasteiger partial charge is 0.339 e. The molecule has 2 amide bonds. The molecule has 29 heavy (non-hydrogen) atoms. The van der Waals surface area contributed by atoms with E-state index in [0.29, 0.717) is 27.6 Å². The molecule has 0 aromatic heterocycles. The van der Waals surface area contributed by atoms with Crippen molar-refractivity contribution in [2.45, 2.75) is 31.4 Å². The van der Waals surface area contributed by atoms with Crippen LogP contribution in [0.1, 0.15) is 41.6 Å². The summed E-state index contributed by atoms with van der Waals surface area (Å²) < 4.78 is 13.8. The molecule has 1 heterocycles. The third-order valence-electron chi connectivity index (χ3n) is 4.83. The van der Waals surface area contributed by atoms with Gasteiger partial charge in [-0.3, -0.25) is 9.59 Å². The van der Waals surface area contributed by atoms with Gasteiger partial charge in [0.25, 0.3) is 5.91 Å². The van der Waals surface area contributed by atoms with Gasteiger partial charge in [0.1, 0.15) is 5.82 Å². The Hall–Kier alpha value is -2.05. The second-order valence-corrected chi connectivity index (χ2v) is 8.45. The van der Waals surface area contributed by atoms with Crippen LogP contribution in [0.5, 0.6) is 0 Å². The zero-order valence-corrected chi connectivity index (χ0v) is 17.7. The number of thioether (sulfide) groups is 1. The van der Waals surface area contributed by atoms with E-state index < -0.39 is 0 Å². The van der Waals surface area contributed by atoms with Gasteiger partial charge in [-0.05, 0) is 42.7 Å². The monoisotopic (exact) mass is 434 g/mol. The minimum atomic E-state index is -0.376. The van der Waals surface area contributed by atoms with Crippen LogP contribution in [0.4, 0.5) is 10.1 Å². The summed E-state index contributed by atoms with van der Waals surface area (Å²) in [6.45, 7) is 1.51. The number of halogens is 2. The summed E-state index contributed by atoms with van der Waals surface area (Å²) in [5.74, 6) is -0.114. The highest BCUT2D eigenvalue weighted by Gasteiger charge is 2.20. The molecule has 0 bridgehead atoms. The number of nitrogens with zero attached hydrogens (tertiary/aromatic N) is 1. The first kappa shape index (κ1) is 21.7. The van der Waals surface area contributed by atoms with Crippen LogP contribution in [-0.4, -0.2) is 35.6 Å². The Kier molecular flexibility index (Phi) is 7.95. The van der Waals surface area contributed by atoms with E-state index in [-0.39, 0.29) is 23.4 Å². The summed E-state index contributed by atoms with van der Waals surface area (Å²) in [6.07, 6.45) is 4.32. The number of hydrogen-bond acceptors (Lipinski definition) is 3. The van der Waals surface area contributed by atoms with Crippen molar-refractivity contribution in [2.24, 2.45) is 0 Å². The first-order chi connectivity index (χ1) is 14.0. The molecule has 1 N–H and O–H groups in total. The van der Waals surface area contributed by atoms with E-state index in [1.54, 1.807) is 36.4 Å². The maximum absolute atomic E-state index is 13.8. The molecule has 0 radical (unpaired) electrons. The SMILES string of the molecule is O=C(CSCc1ccc(Cl)cc1F)Nc1ccccc1C(=O)N1CCCCCC1. The number of amides is 2. The highest BCUT2D eigenvalue weighted by Crippen LogP contribution is 2.22. The molecule has 154 valence electrons. The molecular formula is C22H24ClFN2O2S. The van der Waals surface area contributed by atoms with Gasteiger partial charge in [-0.15, -0.1) is 11.8 Å². The van der Waals surface area contributed by atoms with Crippen LogP contribution in [-0.2, 0) is 10.5 Å². The standard InChI is InChI=1S/C22H24ClFN2O2S/c23-17-10-9-16(19(24)13-17)14-29-15-21(27)25-20-8-4-3-7-18(20)22(28)26-11-5-1-2-6-12-26/h3-4,7-10,13H,1-2,5-6,11-12,14-15H2,(H,25,27). The van der Waals surface area contributed by atoms with E-state index in [2.05, 4.69) is 5.32 Å². The number of rotatable bonds is 6. The van der Waals surface area contributed by atoms with Crippen LogP contribution in [0.2, 0.25) is 5.02 Å². The van der Waals surface area contributed by atoms with Crippen molar-refractivity contribution in [2.75, 3.05) is 24.2 Å². The highest BCUT2D eigenvalue weighted by molar-refractivity contribution is 7.99. The van der Waals surface area contributed by atoms with Gasteiger partial charge in [0, 0.05) is 23.9 Å². The van der Waals surface area contributed by atoms with Crippen LogP contribution in [0.3, 0.4) is 0 Å². The van der Waals surface area contributed by atoms with Crippen molar-refractivity contribution in [1.82, 2.24) is 4.90 Å². The zero-order chi connectivity index (χ0) is 20.6. The summed E-state index contributed by atoms with van der Waals surface area (Å²) in [7, 11) is 0. The fourth-order valence-electron chi connectivity index (χ4n) is 3.30. The molecular weight excluding hydrogens is 411 g/mol. The van der Waals surface area contributed by atoms with Crippen LogP contribution >= 0.6 is 23.4 Å². The van der Waals surface area contributed by atoms with Gasteiger partial charge in [0.2, 0.25) is 5.91 Å². The second kappa shape index (κ2) is 10.6. The molecule has 1 fully saturated rings. The molecule has 2 aromatic carbocycles. The number of nitrogens with one attached hydrogen (secondary N) is 1. The van der Waals surface area contributed by atoms with Crippen molar-refractivity contribution in [1.29, 1.82) is 0 Å². The number of carbonyl (C=O) groups excluding carboxylic acids is 2. The molecule has 1 aliphatic heterocycles. The van der Waals surface area contributed by atoms with Gasteiger partial charge in [-0.25, -0.2) is 4.39 Å². The third-order valence-corrected chi connectivity index (χ3v) is 6.05. The van der Waals surface area contributed by atoms with E-state index >= 15 is 0 Å². The quantitative estimate of drug-likeness (QED) is 0.665. The summed E-state index contributed by atoms with van der Waals surface area (Å²) in [6, 6.07) is 11.6. The van der Waals surface area contributed by atoms with E-state index in [1.807, 2.05) is 4.90 Å². The molecule has 0 aliphatic carbocycles. The molecule has 0 spiro atoms. The molecule has 1 saturated heterocycles. The topological polar surface area (TPSA) is 49.4 Å². The van der Waals surface area contributed by atoms with Gasteiger partial charge in [-0.1, -0.05) is 42.6 Å². The molecule has 0 atom stereocenters. The summed E-state index contributed by atoms with van der Waals surface area (Å²) in [5.41, 5.74) is 1.53. The van der Waals surface area contributed by atoms with Crippen LogP contribution < -0.4 is 5.32 Å². The Balaban J connectivity index is 1.58. The smallest absolute Gasteiger partial charge is 0.255 e. The minimum absolute atomic E-state index is 0.0429. The third kappa shape index (κ3) is 6.21. The Morgan fingerprint density at radius 2 is 1.79 bits per heavy atom. The molecule has 2 aromatic rings. The van der Waals surface area contributed by atoms with Gasteiger partial charge in [0.05, 0.1) is 17.0 Å². The molecule has 3 rings (SSSR count). The van der Waals surface area contributed by atoms with E-state index in [1.165, 1.54) is 17.8 Å². The summed E-state index contributed by atoms with van der Waals surface area (Å²) in [4.78, 5) is 27.2. The number of benzene rings is 2. The molecule has 4 nitrogen and oxygen atoms in total. The van der Waals surface area contributed by atoms with Crippen molar-refractivity contribution >= 4 is 40.9 Å². The average Bonchev–Trinajstić information content (AvgIpc) is 2.99. The molecule has 7 heteroatoms. The minimum Gasteiger partial charge on any atom is -0.339 e. The Morgan fingerprint density at radius 1 is 1.07 bits per heavy atom. The van der Waals surface area contributed by atoms with Gasteiger partial charge < -0.3 is 10.2 Å². The van der Waals surface area contributed by atoms with Crippen LogP contribution in [0.25, 0.3) is 0 Å². The van der Waals surface area contributed by atoms with E-state index in [4.69, 9.17) is 11.6 Å². The van der Waals surface area contributed by atoms with E-state index in [0.717, 1.165) is 38.8 Å². The summed E-state index contributed by atoms with van der Waals surface area (Å²) in [5, 5.41) is 3.18. The molecule has 0 saturated carbocycles. The first-order valence-corrected chi connectivity index (χ1v) is 11.3. The Labute approximate surface area is 179 Å². The highest BCUT2D eigenvalue weighted by atomic mass is 35.5. The van der Waals surface area contributed by atoms with Crippen molar-refractivity contribution < 1.29 is 14.0 Å². The number of anilines is 1. The fraction of sp³-hybridized carbons (Fsp3) is 0.364. The maximum atomic E-state index is 13.8. The lowest BCUT2D eigenvalue weighted by molar-refractivity contribution is -0.113. The predicted octanol–water partition coefficient (Wildman–Crippen LogP) is 5.37. The van der Waals surface area contributed by atoms with Gasteiger partial charge in [-0.2, -0.15) is 0 Å². The van der Waals surface area contributed by atoms with Crippen molar-refractivity contribution in [3.63, 3.8) is 0 Å². The first-order valence-electron chi connectivity index (χ1n) is 9.74. The molecule has 0 unspecified atom stereocenters. The number of hydrogen-bond donors (Lipinski definition) is 1. The summed E-state index contributed by atoms with van der Waals surface area (Å²) >= 11 is 7.06. The predicted molar refractivity (Wildman–Crippen MR) is 117 cm³/mol. The number of para-hydroxylation sites is 1. The number of likely N-dealkylation sites (tertiary alicyclic amines) is 1. The fourth-order valence-corrected chi connectivity index (χ4v) is 4.27. The van der Waals surface area contributed by atoms with Crippen LogP contribution in [0.15, 0.2) is 42.5 Å². The second-order valence-electron chi connectivity index (χ2n) is 7.03. The van der Waals surface area contributed by atoms with Crippen molar-refractivity contribution in [3.05, 3.63) is 64.4 Å². The molecule has 1 aliphatic rings. The normalized spacial score (nSPS) is 14.3. The van der Waals surface area contributed by atoms with Crippen molar-refractivity contribution in [3.8, 4) is 0 Å². The lowest BCUT2D eigenvalue weighted by Gasteiger charge is -2.22. The Bertz CT molecular complexity index is 870. The Morgan fingerprint density at radius 3 is 2.52 bits per heavy atom. The van der Waals surface area contributed by atoms with Crippen LogP contribution in [0, 0.1) is 5.82 Å². The van der Waals surface area contributed by atoms with Gasteiger partial charge in [0.15, 0.2) is 0 Å².